The Labute approximate surface area is 216 Å². The number of carbonyl (C=O) groups excluding carboxylic acids is 2. The van der Waals surface area contributed by atoms with Crippen LogP contribution in [-0.2, 0) is 4.79 Å². The molecule has 2 atom stereocenters. The second kappa shape index (κ2) is 9.28. The van der Waals surface area contributed by atoms with Crippen molar-refractivity contribution in [1.82, 2.24) is 9.97 Å². The minimum Gasteiger partial charge on any atom is -0.326 e. The summed E-state index contributed by atoms with van der Waals surface area (Å²) < 4.78 is -1.38. The molecule has 2 amide bonds. The van der Waals surface area contributed by atoms with Crippen molar-refractivity contribution in [3.8, 4) is 0 Å². The maximum absolute atomic E-state index is 12.9. The lowest BCUT2D eigenvalue weighted by Crippen LogP contribution is -2.26. The molecule has 0 unspecified atom stereocenters. The highest BCUT2D eigenvalue weighted by atomic mass is 35.5. The van der Waals surface area contributed by atoms with Gasteiger partial charge in [0.2, 0.25) is 5.91 Å². The average Bonchev–Trinajstić information content (AvgIpc) is 3.33. The van der Waals surface area contributed by atoms with Crippen LogP contribution in [0.4, 0.5) is 11.4 Å². The Morgan fingerprint density at radius 3 is 2.26 bits per heavy atom. The van der Waals surface area contributed by atoms with Gasteiger partial charge >= 0.3 is 5.69 Å². The van der Waals surface area contributed by atoms with Crippen LogP contribution in [0, 0.1) is 5.92 Å². The van der Waals surface area contributed by atoms with Crippen molar-refractivity contribution in [3.05, 3.63) is 89.6 Å². The molecule has 1 aliphatic carbocycles. The Balaban J connectivity index is 1.53. The minimum absolute atomic E-state index is 0.0259. The second-order valence-corrected chi connectivity index (χ2v) is 10.2. The summed E-state index contributed by atoms with van der Waals surface area (Å²) >= 11 is 31.0. The van der Waals surface area contributed by atoms with Crippen LogP contribution in [0.3, 0.4) is 0 Å². The van der Waals surface area contributed by atoms with Crippen LogP contribution in [0.25, 0.3) is 0 Å². The van der Waals surface area contributed by atoms with E-state index >= 15 is 0 Å². The highest BCUT2D eigenvalue weighted by Gasteiger charge is 2.67. The number of halogens is 5. The molecule has 1 aromatic heterocycles. The van der Waals surface area contributed by atoms with Crippen LogP contribution in [0.15, 0.2) is 52.2 Å². The summed E-state index contributed by atoms with van der Waals surface area (Å²) in [7, 11) is 0. The topological polar surface area (TPSA) is 124 Å². The number of amides is 2. The first kappa shape index (κ1) is 24.6. The molecule has 0 radical (unpaired) electrons. The van der Waals surface area contributed by atoms with Crippen LogP contribution in [0.5, 0.6) is 0 Å². The van der Waals surface area contributed by atoms with Gasteiger partial charge in [0.25, 0.3) is 11.5 Å². The predicted octanol–water partition coefficient (Wildman–Crippen LogP) is 4.80. The first-order valence-electron chi connectivity index (χ1n) is 9.55. The normalized spacial score (nSPS) is 18.3. The number of nitrogens with one attached hydrogen (secondary N) is 4. The molecule has 0 bridgehead atoms. The number of aromatic amines is 2. The number of aromatic nitrogens is 2. The smallest absolute Gasteiger partial charge is 0.325 e. The van der Waals surface area contributed by atoms with Crippen molar-refractivity contribution in [1.29, 1.82) is 0 Å². The molecule has 34 heavy (non-hydrogen) atoms. The third-order valence-electron chi connectivity index (χ3n) is 5.13. The largest absolute Gasteiger partial charge is 0.326 e. The molecule has 4 N–H and O–H groups in total. The molecule has 1 aliphatic rings. The van der Waals surface area contributed by atoms with E-state index in [4.69, 9.17) is 58.0 Å². The molecule has 1 heterocycles. The van der Waals surface area contributed by atoms with Crippen LogP contribution in [0.2, 0.25) is 15.1 Å². The van der Waals surface area contributed by atoms with Crippen LogP contribution in [0.1, 0.15) is 21.8 Å². The van der Waals surface area contributed by atoms with Gasteiger partial charge < -0.3 is 15.6 Å². The molecule has 4 rings (SSSR count). The van der Waals surface area contributed by atoms with Gasteiger partial charge in [-0.25, -0.2) is 4.79 Å². The van der Waals surface area contributed by atoms with E-state index in [1.165, 1.54) is 18.2 Å². The van der Waals surface area contributed by atoms with Gasteiger partial charge in [0.15, 0.2) is 0 Å². The van der Waals surface area contributed by atoms with Gasteiger partial charge in [-0.3, -0.25) is 19.4 Å². The van der Waals surface area contributed by atoms with Gasteiger partial charge in [-0.05, 0) is 42.0 Å². The zero-order valence-electron chi connectivity index (χ0n) is 16.7. The Morgan fingerprint density at radius 1 is 0.941 bits per heavy atom. The van der Waals surface area contributed by atoms with E-state index in [0.29, 0.717) is 15.6 Å². The zero-order valence-corrected chi connectivity index (χ0v) is 20.5. The summed E-state index contributed by atoms with van der Waals surface area (Å²) in [5.74, 6) is -2.58. The SMILES string of the molecule is O=C(Nc1c[nH]c(=O)[nH]c1=O)c1cc(NC(=O)[C@@H]2[C@@H](c3cc(Cl)cc(Cl)c3)C2(Cl)Cl)ccc1Cl. The lowest BCUT2D eigenvalue weighted by atomic mass is 10.1. The first-order valence-corrected chi connectivity index (χ1v) is 11.4. The third kappa shape index (κ3) is 4.96. The van der Waals surface area contributed by atoms with E-state index in [0.717, 1.165) is 6.20 Å². The van der Waals surface area contributed by atoms with Crippen LogP contribution < -0.4 is 21.9 Å². The second-order valence-electron chi connectivity index (χ2n) is 7.46. The van der Waals surface area contributed by atoms with E-state index < -0.39 is 39.2 Å². The van der Waals surface area contributed by atoms with E-state index in [-0.39, 0.29) is 22.0 Å². The molecular formula is C21H13Cl5N4O4. The van der Waals surface area contributed by atoms with Crippen molar-refractivity contribution in [3.63, 3.8) is 0 Å². The molecule has 0 aliphatic heterocycles. The van der Waals surface area contributed by atoms with Crippen molar-refractivity contribution in [2.75, 3.05) is 10.6 Å². The Bertz CT molecular complexity index is 1410. The van der Waals surface area contributed by atoms with Crippen molar-refractivity contribution >= 4 is 81.2 Å². The van der Waals surface area contributed by atoms with E-state index in [1.807, 2.05) is 4.98 Å². The summed E-state index contributed by atoms with van der Waals surface area (Å²) in [6.07, 6.45) is 1.05. The highest BCUT2D eigenvalue weighted by Crippen LogP contribution is 2.65. The summed E-state index contributed by atoms with van der Waals surface area (Å²) in [6, 6.07) is 9.03. The van der Waals surface area contributed by atoms with Crippen LogP contribution >= 0.6 is 58.0 Å². The molecular weight excluding hydrogens is 550 g/mol. The zero-order chi connectivity index (χ0) is 24.8. The van der Waals surface area contributed by atoms with Crippen molar-refractivity contribution in [2.24, 2.45) is 5.92 Å². The standard InChI is InChI=1S/C21H13Cl5N4O4/c22-9-3-8(4-10(23)5-9)15-16(21(15,25)26)19(33)28-11-1-2-13(24)12(6-11)17(31)29-14-7-27-20(34)30-18(14)32/h1-7,15-16H,(H,28,33)(H,29,31)(H2,27,30,32,34)/t15-,16+/m1/s1. The minimum atomic E-state index is -1.38. The lowest BCUT2D eigenvalue weighted by molar-refractivity contribution is -0.117. The Kier molecular flexibility index (Phi) is 6.72. The fourth-order valence-corrected chi connectivity index (χ4v) is 5.09. The molecule has 0 spiro atoms. The molecule has 2 aromatic carbocycles. The molecule has 13 heteroatoms. The number of alkyl halides is 2. The van der Waals surface area contributed by atoms with E-state index in [2.05, 4.69) is 15.6 Å². The molecule has 1 fully saturated rings. The van der Waals surface area contributed by atoms with Gasteiger partial charge in [0, 0.05) is 27.8 Å². The maximum atomic E-state index is 12.9. The Morgan fingerprint density at radius 2 is 1.62 bits per heavy atom. The highest BCUT2D eigenvalue weighted by molar-refractivity contribution is 6.53. The van der Waals surface area contributed by atoms with E-state index in [1.54, 1.807) is 18.2 Å². The summed E-state index contributed by atoms with van der Waals surface area (Å²) in [4.78, 5) is 52.7. The fraction of sp³-hybridized carbons (Fsp3) is 0.143. The number of benzene rings is 2. The molecule has 1 saturated carbocycles. The molecule has 8 nitrogen and oxygen atoms in total. The average molecular weight is 563 g/mol. The van der Waals surface area contributed by atoms with Crippen molar-refractivity contribution in [2.45, 2.75) is 10.3 Å². The van der Waals surface area contributed by atoms with Gasteiger partial charge in [-0.1, -0.05) is 34.8 Å². The number of hydrogen-bond acceptors (Lipinski definition) is 4. The van der Waals surface area contributed by atoms with Crippen molar-refractivity contribution < 1.29 is 9.59 Å². The number of anilines is 2. The number of rotatable bonds is 5. The first-order chi connectivity index (χ1) is 16.0. The lowest BCUT2D eigenvalue weighted by Gasteiger charge is -2.10. The Hall–Kier alpha value is -2.49. The maximum Gasteiger partial charge on any atom is 0.325 e. The summed E-state index contributed by atoms with van der Waals surface area (Å²) in [6.45, 7) is 0. The molecule has 3 aromatic rings. The number of hydrogen-bond donors (Lipinski definition) is 4. The molecule has 176 valence electrons. The third-order valence-corrected chi connectivity index (χ3v) is 6.83. The number of H-pyrrole nitrogens is 2. The monoisotopic (exact) mass is 560 g/mol. The summed E-state index contributed by atoms with van der Waals surface area (Å²) in [5.41, 5.74) is -0.871. The van der Waals surface area contributed by atoms with E-state index in [9.17, 15) is 19.2 Å². The van der Waals surface area contributed by atoms with Gasteiger partial charge in [0.05, 0.1) is 16.5 Å². The van der Waals surface area contributed by atoms with Crippen LogP contribution in [-0.4, -0.2) is 26.1 Å². The number of carbonyl (C=O) groups is 2. The predicted molar refractivity (Wildman–Crippen MR) is 133 cm³/mol. The fourth-order valence-electron chi connectivity index (χ4n) is 3.51. The summed E-state index contributed by atoms with van der Waals surface area (Å²) in [5, 5.41) is 5.84. The van der Waals surface area contributed by atoms with Gasteiger partial charge in [0.1, 0.15) is 10.0 Å². The molecule has 0 saturated heterocycles. The van der Waals surface area contributed by atoms with Gasteiger partial charge in [-0.15, -0.1) is 23.2 Å². The quantitative estimate of drug-likeness (QED) is 0.334. The van der Waals surface area contributed by atoms with Gasteiger partial charge in [-0.2, -0.15) is 0 Å².